The molecule has 0 bridgehead atoms. The van der Waals surface area contributed by atoms with Gasteiger partial charge in [0.25, 0.3) is 0 Å². The number of aryl methyl sites for hydroxylation is 1. The van der Waals surface area contributed by atoms with Gasteiger partial charge in [0, 0.05) is 25.9 Å². The summed E-state index contributed by atoms with van der Waals surface area (Å²) in [5.74, 6) is -0.295. The molecule has 1 rings (SSSR count). The summed E-state index contributed by atoms with van der Waals surface area (Å²) in [6.07, 6.45) is 2.16. The topological polar surface area (TPSA) is 93.1 Å². The molecule has 6 nitrogen and oxygen atoms in total. The highest BCUT2D eigenvalue weighted by Gasteiger charge is 2.15. The highest BCUT2D eigenvalue weighted by Crippen LogP contribution is 2.26. The molecule has 6 heteroatoms. The second-order valence-electron chi connectivity index (χ2n) is 5.61. The zero-order valence-electron chi connectivity index (χ0n) is 14.3. The normalized spacial score (nSPS) is 11.9. The number of benzene rings is 1. The minimum absolute atomic E-state index is 0.0717. The molecule has 0 fully saturated rings. The van der Waals surface area contributed by atoms with Crippen LogP contribution in [0.15, 0.2) is 18.2 Å². The van der Waals surface area contributed by atoms with Gasteiger partial charge in [0.1, 0.15) is 5.78 Å². The lowest BCUT2D eigenvalue weighted by molar-refractivity contribution is -0.137. The molecule has 0 aliphatic rings. The van der Waals surface area contributed by atoms with E-state index < -0.39 is 5.97 Å². The van der Waals surface area contributed by atoms with Crippen molar-refractivity contribution in [3.05, 3.63) is 23.8 Å². The Morgan fingerprint density at radius 2 is 2.00 bits per heavy atom. The van der Waals surface area contributed by atoms with Crippen LogP contribution < -0.4 is 4.74 Å². The number of aliphatic carboxylic acids is 1. The first kappa shape index (κ1) is 20.0. The molecule has 134 valence electrons. The number of aromatic hydroxyl groups is 1. The lowest BCUT2D eigenvalue weighted by Gasteiger charge is -2.16. The van der Waals surface area contributed by atoms with Crippen LogP contribution in [-0.2, 0) is 20.7 Å². The van der Waals surface area contributed by atoms with Crippen LogP contribution in [0.25, 0.3) is 0 Å². The Labute approximate surface area is 142 Å². The summed E-state index contributed by atoms with van der Waals surface area (Å²) in [6.45, 7) is 2.36. The zero-order chi connectivity index (χ0) is 17.9. The van der Waals surface area contributed by atoms with E-state index in [1.807, 2.05) is 6.92 Å². The molecule has 0 aromatic heterocycles. The van der Waals surface area contributed by atoms with Gasteiger partial charge in [-0.1, -0.05) is 6.07 Å². The highest BCUT2D eigenvalue weighted by atomic mass is 16.5. The van der Waals surface area contributed by atoms with Crippen LogP contribution >= 0.6 is 0 Å². The summed E-state index contributed by atoms with van der Waals surface area (Å²) in [4.78, 5) is 22.7. The number of carboxylic acid groups (broad SMARTS) is 1. The average Bonchev–Trinajstić information content (AvgIpc) is 2.54. The largest absolute Gasteiger partial charge is 0.504 e. The van der Waals surface area contributed by atoms with Crippen LogP contribution in [0.2, 0.25) is 0 Å². The standard InChI is InChI=1S/C18H26O6/c1-3-24-15(5-4-6-18(21)22)12-14(19)9-7-13-8-10-16(20)17(11-13)23-2/h8,10-11,15,20H,3-7,9,12H2,1-2H3,(H,21,22). The Morgan fingerprint density at radius 3 is 2.62 bits per heavy atom. The quantitative estimate of drug-likeness (QED) is 0.609. The van der Waals surface area contributed by atoms with E-state index in [0.717, 1.165) is 5.56 Å². The second kappa shape index (κ2) is 10.6. The number of phenols is 1. The molecule has 0 aliphatic heterocycles. The molecular formula is C18H26O6. The number of hydrogen-bond donors (Lipinski definition) is 2. The maximum atomic E-state index is 12.1. The Morgan fingerprint density at radius 1 is 1.25 bits per heavy atom. The summed E-state index contributed by atoms with van der Waals surface area (Å²) >= 11 is 0. The number of rotatable bonds is 12. The minimum atomic E-state index is -0.835. The molecule has 0 amide bonds. The van der Waals surface area contributed by atoms with Gasteiger partial charge in [-0.25, -0.2) is 0 Å². The predicted octanol–water partition coefficient (Wildman–Crippen LogP) is 2.95. The number of ether oxygens (including phenoxy) is 2. The average molecular weight is 338 g/mol. The third kappa shape index (κ3) is 7.46. The smallest absolute Gasteiger partial charge is 0.303 e. The van der Waals surface area contributed by atoms with E-state index in [0.29, 0.717) is 44.5 Å². The Hall–Kier alpha value is -2.08. The van der Waals surface area contributed by atoms with E-state index >= 15 is 0 Å². The maximum absolute atomic E-state index is 12.1. The van der Waals surface area contributed by atoms with E-state index in [1.54, 1.807) is 18.2 Å². The van der Waals surface area contributed by atoms with Gasteiger partial charge in [0.05, 0.1) is 13.2 Å². The Kier molecular flexibility index (Phi) is 8.86. The number of phenolic OH excluding ortho intramolecular Hbond substituents is 1. The predicted molar refractivity (Wildman–Crippen MR) is 89.5 cm³/mol. The number of carboxylic acids is 1. The first-order chi connectivity index (χ1) is 11.5. The van der Waals surface area contributed by atoms with Crippen LogP contribution in [0.5, 0.6) is 11.5 Å². The number of Topliss-reactive ketones (excluding diaryl/α,β-unsaturated/α-hetero) is 1. The first-order valence-corrected chi connectivity index (χ1v) is 8.17. The third-order valence-electron chi connectivity index (χ3n) is 3.71. The number of ketones is 1. The van der Waals surface area contributed by atoms with Crippen LogP contribution in [0.4, 0.5) is 0 Å². The molecule has 0 radical (unpaired) electrons. The molecular weight excluding hydrogens is 312 g/mol. The monoisotopic (exact) mass is 338 g/mol. The van der Waals surface area contributed by atoms with Gasteiger partial charge in [0.2, 0.25) is 0 Å². The molecule has 1 unspecified atom stereocenters. The fourth-order valence-corrected chi connectivity index (χ4v) is 2.48. The first-order valence-electron chi connectivity index (χ1n) is 8.17. The van der Waals surface area contributed by atoms with Crippen molar-refractivity contribution in [3.8, 4) is 11.5 Å². The van der Waals surface area contributed by atoms with Gasteiger partial charge >= 0.3 is 5.97 Å². The molecule has 0 saturated heterocycles. The molecule has 0 aliphatic carbocycles. The van der Waals surface area contributed by atoms with E-state index in [1.165, 1.54) is 7.11 Å². The fourth-order valence-electron chi connectivity index (χ4n) is 2.48. The summed E-state index contributed by atoms with van der Waals surface area (Å²) in [6, 6.07) is 5.03. The lowest BCUT2D eigenvalue weighted by Crippen LogP contribution is -2.18. The van der Waals surface area contributed by atoms with Crippen molar-refractivity contribution >= 4 is 11.8 Å². The summed E-state index contributed by atoms with van der Waals surface area (Å²) in [7, 11) is 1.48. The van der Waals surface area contributed by atoms with Gasteiger partial charge in [-0.3, -0.25) is 9.59 Å². The van der Waals surface area contributed by atoms with Gasteiger partial charge < -0.3 is 19.7 Å². The van der Waals surface area contributed by atoms with Gasteiger partial charge in [0.15, 0.2) is 11.5 Å². The molecule has 0 heterocycles. The van der Waals surface area contributed by atoms with Crippen molar-refractivity contribution < 1.29 is 29.3 Å². The minimum Gasteiger partial charge on any atom is -0.504 e. The van der Waals surface area contributed by atoms with E-state index in [9.17, 15) is 14.7 Å². The Balaban J connectivity index is 2.46. The van der Waals surface area contributed by atoms with Gasteiger partial charge in [-0.15, -0.1) is 0 Å². The van der Waals surface area contributed by atoms with Crippen molar-refractivity contribution in [2.45, 2.75) is 51.6 Å². The number of hydrogen-bond acceptors (Lipinski definition) is 5. The molecule has 2 N–H and O–H groups in total. The van der Waals surface area contributed by atoms with Crippen molar-refractivity contribution in [2.75, 3.05) is 13.7 Å². The number of carbonyl (C=O) groups is 2. The van der Waals surface area contributed by atoms with Crippen molar-refractivity contribution in [1.29, 1.82) is 0 Å². The van der Waals surface area contributed by atoms with Crippen molar-refractivity contribution in [2.24, 2.45) is 0 Å². The number of carbonyl (C=O) groups excluding carboxylic acids is 1. The molecule has 1 atom stereocenters. The molecule has 1 aromatic carbocycles. The van der Waals surface area contributed by atoms with E-state index in [-0.39, 0.29) is 24.1 Å². The molecule has 0 saturated carbocycles. The van der Waals surface area contributed by atoms with Crippen molar-refractivity contribution in [3.63, 3.8) is 0 Å². The number of methoxy groups -OCH3 is 1. The van der Waals surface area contributed by atoms with Crippen LogP contribution in [-0.4, -0.2) is 41.8 Å². The van der Waals surface area contributed by atoms with Crippen LogP contribution in [0, 0.1) is 0 Å². The van der Waals surface area contributed by atoms with Gasteiger partial charge in [-0.05, 0) is 43.9 Å². The SMILES string of the molecule is CCOC(CCCC(=O)O)CC(=O)CCc1ccc(O)c(OC)c1. The van der Waals surface area contributed by atoms with Crippen LogP contribution in [0.3, 0.4) is 0 Å². The molecule has 1 aromatic rings. The van der Waals surface area contributed by atoms with Gasteiger partial charge in [-0.2, -0.15) is 0 Å². The molecule has 24 heavy (non-hydrogen) atoms. The van der Waals surface area contributed by atoms with E-state index in [4.69, 9.17) is 14.6 Å². The molecule has 0 spiro atoms. The summed E-state index contributed by atoms with van der Waals surface area (Å²) in [5.41, 5.74) is 0.914. The summed E-state index contributed by atoms with van der Waals surface area (Å²) in [5, 5.41) is 18.2. The van der Waals surface area contributed by atoms with E-state index in [2.05, 4.69) is 0 Å². The maximum Gasteiger partial charge on any atom is 0.303 e. The third-order valence-corrected chi connectivity index (χ3v) is 3.71. The van der Waals surface area contributed by atoms with Crippen molar-refractivity contribution in [1.82, 2.24) is 0 Å². The fraction of sp³-hybridized carbons (Fsp3) is 0.556. The highest BCUT2D eigenvalue weighted by molar-refractivity contribution is 5.79. The lowest BCUT2D eigenvalue weighted by atomic mass is 10.0. The zero-order valence-corrected chi connectivity index (χ0v) is 14.3. The summed E-state index contributed by atoms with van der Waals surface area (Å²) < 4.78 is 10.6. The second-order valence-corrected chi connectivity index (χ2v) is 5.61. The Bertz CT molecular complexity index is 540. The van der Waals surface area contributed by atoms with Crippen LogP contribution in [0.1, 0.15) is 44.6 Å².